The van der Waals surface area contributed by atoms with Gasteiger partial charge in [-0.2, -0.15) is 17.6 Å². The van der Waals surface area contributed by atoms with Crippen LogP contribution in [0.25, 0.3) is 11.1 Å². The van der Waals surface area contributed by atoms with E-state index in [1.165, 1.54) is 0 Å². The first-order valence-corrected chi connectivity index (χ1v) is 8.88. The lowest BCUT2D eigenvalue weighted by Crippen LogP contribution is -2.33. The number of aromatic carboxylic acids is 2. The molecule has 0 radical (unpaired) electrons. The summed E-state index contributed by atoms with van der Waals surface area (Å²) in [5.74, 6) is -14.6. The summed E-state index contributed by atoms with van der Waals surface area (Å²) in [6, 6.07) is 3.31. The first kappa shape index (κ1) is 26.9. The molecule has 2 aromatic rings. The summed E-state index contributed by atoms with van der Waals surface area (Å²) in [4.78, 5) is 22.8. The molecule has 186 valence electrons. The minimum atomic E-state index is -5.25. The minimum absolute atomic E-state index is 0.348. The molecule has 2 unspecified atom stereocenters. The van der Waals surface area contributed by atoms with E-state index in [0.717, 1.165) is 12.1 Å². The Morgan fingerprint density at radius 1 is 0.618 bits per heavy atom. The standard InChI is InChI=1S/C20H12F10O4/c21-13(19(27,28)17(23)24)9-3-1-7(5-11(9)15(31)32)8-2-4-10(12(6-8)16(33)34)14(22)20(29,30)18(25)26/h1-6,13-14,17-18H,(H,31,32)(H,33,34). The predicted molar refractivity (Wildman–Crippen MR) is 95.4 cm³/mol. The number of hydrogen-bond acceptors (Lipinski definition) is 2. The molecule has 0 spiro atoms. The molecule has 34 heavy (non-hydrogen) atoms. The van der Waals surface area contributed by atoms with E-state index < -0.39 is 71.2 Å². The van der Waals surface area contributed by atoms with Gasteiger partial charge in [-0.15, -0.1) is 0 Å². The molecule has 0 heterocycles. The van der Waals surface area contributed by atoms with Crippen molar-refractivity contribution in [1.82, 2.24) is 0 Å². The highest BCUT2D eigenvalue weighted by atomic mass is 19.3. The SMILES string of the molecule is O=C(O)c1cc(-c2ccc(C(F)C(F)(F)C(F)F)c(C(=O)O)c2)ccc1C(F)C(F)(F)C(F)F. The van der Waals surface area contributed by atoms with Gasteiger partial charge in [0.2, 0.25) is 0 Å². The van der Waals surface area contributed by atoms with Crippen molar-refractivity contribution in [2.75, 3.05) is 0 Å². The summed E-state index contributed by atoms with van der Waals surface area (Å²) in [6.07, 6.45) is -16.4. The largest absolute Gasteiger partial charge is 0.478 e. The fraction of sp³-hybridized carbons (Fsp3) is 0.300. The summed E-state index contributed by atoms with van der Waals surface area (Å²) >= 11 is 0. The molecule has 2 aromatic carbocycles. The molecule has 2 atom stereocenters. The van der Waals surface area contributed by atoms with Crippen LogP contribution in [0.5, 0.6) is 0 Å². The van der Waals surface area contributed by atoms with E-state index in [-0.39, 0.29) is 11.1 Å². The monoisotopic (exact) mass is 506 g/mol. The summed E-state index contributed by atoms with van der Waals surface area (Å²) in [6.45, 7) is 0. The van der Waals surface area contributed by atoms with Gasteiger partial charge >= 0.3 is 36.6 Å². The average Bonchev–Trinajstić information content (AvgIpc) is 2.76. The van der Waals surface area contributed by atoms with Crippen LogP contribution in [0.4, 0.5) is 43.9 Å². The molecule has 0 aliphatic rings. The molecule has 2 rings (SSSR count). The Morgan fingerprint density at radius 3 is 1.15 bits per heavy atom. The number of carboxylic acid groups (broad SMARTS) is 2. The Bertz CT molecular complexity index is 1000. The molecule has 0 aliphatic carbocycles. The molecule has 2 N–H and O–H groups in total. The Labute approximate surface area is 183 Å². The van der Waals surface area contributed by atoms with Gasteiger partial charge in [-0.1, -0.05) is 24.3 Å². The topological polar surface area (TPSA) is 74.6 Å². The van der Waals surface area contributed by atoms with Gasteiger partial charge in [-0.05, 0) is 23.3 Å². The number of hydrogen-bond donors (Lipinski definition) is 2. The van der Waals surface area contributed by atoms with Crippen LogP contribution in [-0.2, 0) is 0 Å². The summed E-state index contributed by atoms with van der Waals surface area (Å²) in [5.41, 5.74) is -5.79. The first-order chi connectivity index (χ1) is 15.5. The average molecular weight is 506 g/mol. The maximum absolute atomic E-state index is 14.1. The lowest BCUT2D eigenvalue weighted by molar-refractivity contribution is -0.172. The highest BCUT2D eigenvalue weighted by molar-refractivity contribution is 5.93. The lowest BCUT2D eigenvalue weighted by atomic mass is 9.91. The predicted octanol–water partition coefficient (Wildman–Crippen LogP) is 6.57. The van der Waals surface area contributed by atoms with Gasteiger partial charge in [-0.3, -0.25) is 0 Å². The summed E-state index contributed by atoms with van der Waals surface area (Å²) in [7, 11) is 0. The zero-order valence-electron chi connectivity index (χ0n) is 16.3. The fourth-order valence-corrected chi connectivity index (χ4v) is 2.92. The lowest BCUT2D eigenvalue weighted by Gasteiger charge is -2.22. The zero-order chi connectivity index (χ0) is 26.2. The van der Waals surface area contributed by atoms with Crippen molar-refractivity contribution in [3.63, 3.8) is 0 Å². The number of carbonyl (C=O) groups is 2. The van der Waals surface area contributed by atoms with Crippen molar-refractivity contribution < 1.29 is 63.7 Å². The van der Waals surface area contributed by atoms with Gasteiger partial charge < -0.3 is 10.2 Å². The van der Waals surface area contributed by atoms with Gasteiger partial charge in [0.1, 0.15) is 0 Å². The third-order valence-corrected chi connectivity index (χ3v) is 4.70. The van der Waals surface area contributed by atoms with Gasteiger partial charge in [0.25, 0.3) is 0 Å². The van der Waals surface area contributed by atoms with Crippen LogP contribution in [0.1, 0.15) is 44.2 Å². The molecule has 0 bridgehead atoms. The highest BCUT2D eigenvalue weighted by Crippen LogP contribution is 2.43. The third-order valence-electron chi connectivity index (χ3n) is 4.70. The Kier molecular flexibility index (Phi) is 7.53. The van der Waals surface area contributed by atoms with E-state index in [0.29, 0.717) is 24.3 Å². The number of halogens is 10. The van der Waals surface area contributed by atoms with E-state index in [9.17, 15) is 63.7 Å². The number of rotatable bonds is 9. The van der Waals surface area contributed by atoms with Crippen molar-refractivity contribution in [2.45, 2.75) is 37.0 Å². The molecule has 0 amide bonds. The minimum Gasteiger partial charge on any atom is -0.478 e. The molecule has 0 fully saturated rings. The quantitative estimate of drug-likeness (QED) is 0.378. The van der Waals surface area contributed by atoms with Gasteiger partial charge in [0, 0.05) is 11.1 Å². The molecule has 0 aliphatic heterocycles. The zero-order valence-corrected chi connectivity index (χ0v) is 16.3. The normalized spacial score (nSPS) is 14.4. The first-order valence-electron chi connectivity index (χ1n) is 8.88. The van der Waals surface area contributed by atoms with E-state index >= 15 is 0 Å². The molecule has 4 nitrogen and oxygen atoms in total. The Morgan fingerprint density at radius 2 is 0.912 bits per heavy atom. The highest BCUT2D eigenvalue weighted by Gasteiger charge is 2.52. The smallest absolute Gasteiger partial charge is 0.342 e. The van der Waals surface area contributed by atoms with Gasteiger partial charge in [-0.25, -0.2) is 35.9 Å². The second-order valence-electron chi connectivity index (χ2n) is 6.89. The maximum atomic E-state index is 14.1. The van der Waals surface area contributed by atoms with Gasteiger partial charge in [0.05, 0.1) is 11.1 Å². The fourth-order valence-electron chi connectivity index (χ4n) is 2.92. The Hall–Kier alpha value is -3.32. The second-order valence-corrected chi connectivity index (χ2v) is 6.89. The van der Waals surface area contributed by atoms with E-state index in [2.05, 4.69) is 0 Å². The number of benzene rings is 2. The van der Waals surface area contributed by atoms with Crippen LogP contribution in [0.15, 0.2) is 36.4 Å². The second kappa shape index (κ2) is 9.50. The van der Waals surface area contributed by atoms with Gasteiger partial charge in [0.15, 0.2) is 12.3 Å². The molecular weight excluding hydrogens is 494 g/mol. The van der Waals surface area contributed by atoms with Crippen LogP contribution >= 0.6 is 0 Å². The van der Waals surface area contributed by atoms with Crippen molar-refractivity contribution in [3.05, 3.63) is 58.7 Å². The third kappa shape index (κ3) is 4.94. The van der Waals surface area contributed by atoms with Crippen LogP contribution in [0, 0.1) is 0 Å². The van der Waals surface area contributed by atoms with Crippen molar-refractivity contribution in [3.8, 4) is 11.1 Å². The van der Waals surface area contributed by atoms with Crippen LogP contribution in [0.2, 0.25) is 0 Å². The summed E-state index contributed by atoms with van der Waals surface area (Å²) in [5, 5.41) is 18.4. The molecule has 0 aromatic heterocycles. The summed E-state index contributed by atoms with van der Waals surface area (Å²) < 4.78 is 131. The Balaban J connectivity index is 2.62. The van der Waals surface area contributed by atoms with Crippen LogP contribution in [0.3, 0.4) is 0 Å². The number of alkyl halides is 10. The van der Waals surface area contributed by atoms with Crippen LogP contribution < -0.4 is 0 Å². The van der Waals surface area contributed by atoms with E-state index in [4.69, 9.17) is 0 Å². The van der Waals surface area contributed by atoms with E-state index in [1.807, 2.05) is 0 Å². The van der Waals surface area contributed by atoms with Crippen molar-refractivity contribution in [2.24, 2.45) is 0 Å². The molecule has 0 saturated carbocycles. The van der Waals surface area contributed by atoms with Crippen molar-refractivity contribution >= 4 is 11.9 Å². The van der Waals surface area contributed by atoms with Crippen molar-refractivity contribution in [1.29, 1.82) is 0 Å². The maximum Gasteiger partial charge on any atom is 0.342 e. The molecule has 0 saturated heterocycles. The van der Waals surface area contributed by atoms with E-state index in [1.54, 1.807) is 0 Å². The molecular formula is C20H12F10O4. The van der Waals surface area contributed by atoms with Crippen LogP contribution in [-0.4, -0.2) is 46.8 Å². The molecule has 14 heteroatoms. The number of carboxylic acids is 2.